The molecule has 2 nitrogen and oxygen atoms in total. The molecule has 1 rings (SSSR count). The Labute approximate surface area is 71.7 Å². The molecule has 0 N–H and O–H groups in total. The van der Waals surface area contributed by atoms with Crippen LogP contribution in [-0.2, 0) is 9.53 Å². The highest BCUT2D eigenvalue weighted by atomic mass is 32.2. The van der Waals surface area contributed by atoms with E-state index in [0.717, 1.165) is 12.8 Å². The second-order valence-electron chi connectivity index (χ2n) is 2.98. The monoisotopic (exact) mass is 174 g/mol. The number of ether oxygens (including phenoxy) is 1. The number of carbonyl (C=O) groups excluding carboxylic acids is 1. The van der Waals surface area contributed by atoms with Gasteiger partial charge in [0, 0.05) is 0 Å². The van der Waals surface area contributed by atoms with Crippen molar-refractivity contribution in [3.63, 3.8) is 0 Å². The fourth-order valence-electron chi connectivity index (χ4n) is 1.10. The van der Waals surface area contributed by atoms with E-state index in [2.05, 4.69) is 13.8 Å². The first kappa shape index (κ1) is 8.91. The normalized spacial score (nSPS) is 25.4. The predicted molar refractivity (Wildman–Crippen MR) is 46.7 cm³/mol. The largest absolute Gasteiger partial charge is 0.465 e. The van der Waals surface area contributed by atoms with Gasteiger partial charge >= 0.3 is 5.97 Å². The molecule has 0 bridgehead atoms. The smallest absolute Gasteiger partial charge is 0.319 e. The molecule has 1 atom stereocenters. The molecule has 0 spiro atoms. The van der Waals surface area contributed by atoms with Crippen LogP contribution in [0.2, 0.25) is 0 Å². The molecular formula is C8H14O2S. The summed E-state index contributed by atoms with van der Waals surface area (Å²) in [5.74, 6) is -0.0186. The van der Waals surface area contributed by atoms with Gasteiger partial charge in [0.05, 0.1) is 6.61 Å². The van der Waals surface area contributed by atoms with Crippen LogP contribution in [0.25, 0.3) is 0 Å². The Morgan fingerprint density at radius 1 is 1.64 bits per heavy atom. The van der Waals surface area contributed by atoms with Crippen molar-refractivity contribution in [1.29, 1.82) is 0 Å². The Morgan fingerprint density at radius 2 is 2.36 bits per heavy atom. The highest BCUT2D eigenvalue weighted by Crippen LogP contribution is 2.25. The molecular weight excluding hydrogens is 160 g/mol. The fourth-order valence-corrected chi connectivity index (χ4v) is 2.24. The molecule has 0 saturated carbocycles. The van der Waals surface area contributed by atoms with Gasteiger partial charge in [0.15, 0.2) is 0 Å². The Kier molecular flexibility index (Phi) is 3.24. The molecule has 1 heterocycles. The number of thioether (sulfide) groups is 1. The maximum absolute atomic E-state index is 11.1. The zero-order chi connectivity index (χ0) is 8.27. The third-order valence-electron chi connectivity index (χ3n) is 1.55. The van der Waals surface area contributed by atoms with E-state index in [4.69, 9.17) is 4.74 Å². The zero-order valence-electron chi connectivity index (χ0n) is 7.00. The van der Waals surface area contributed by atoms with Gasteiger partial charge in [0.1, 0.15) is 5.25 Å². The van der Waals surface area contributed by atoms with Crippen LogP contribution in [0.3, 0.4) is 0 Å². The van der Waals surface area contributed by atoms with Gasteiger partial charge in [-0.1, -0.05) is 13.8 Å². The summed E-state index contributed by atoms with van der Waals surface area (Å²) in [7, 11) is 0. The van der Waals surface area contributed by atoms with E-state index in [1.807, 2.05) is 0 Å². The van der Waals surface area contributed by atoms with Gasteiger partial charge in [-0.05, 0) is 18.1 Å². The molecule has 3 heteroatoms. The summed E-state index contributed by atoms with van der Waals surface area (Å²) in [6.07, 6.45) is 2.01. The van der Waals surface area contributed by atoms with Crippen molar-refractivity contribution >= 4 is 17.7 Å². The number of esters is 1. The minimum atomic E-state index is -0.0186. The van der Waals surface area contributed by atoms with Gasteiger partial charge in [-0.25, -0.2) is 0 Å². The third kappa shape index (κ3) is 2.73. The minimum Gasteiger partial charge on any atom is -0.465 e. The summed E-state index contributed by atoms with van der Waals surface area (Å²) in [6.45, 7) is 4.83. The lowest BCUT2D eigenvalue weighted by molar-refractivity contribution is -0.145. The summed E-state index contributed by atoms with van der Waals surface area (Å²) in [5.41, 5.74) is 0. The lowest BCUT2D eigenvalue weighted by atomic mass is 10.2. The number of cyclic esters (lactones) is 1. The van der Waals surface area contributed by atoms with E-state index < -0.39 is 0 Å². The zero-order valence-corrected chi connectivity index (χ0v) is 7.82. The second-order valence-corrected chi connectivity index (χ2v) is 4.77. The average molecular weight is 174 g/mol. The fraction of sp³-hybridized carbons (Fsp3) is 0.875. The summed E-state index contributed by atoms with van der Waals surface area (Å²) < 4.78 is 4.93. The van der Waals surface area contributed by atoms with Crippen molar-refractivity contribution in [2.24, 2.45) is 0 Å². The Bertz CT molecular complexity index is 145. The molecule has 1 fully saturated rings. The van der Waals surface area contributed by atoms with Gasteiger partial charge in [-0.3, -0.25) is 4.79 Å². The van der Waals surface area contributed by atoms with E-state index in [0.29, 0.717) is 11.9 Å². The average Bonchev–Trinajstić information content (AvgIpc) is 1.93. The molecule has 1 aliphatic rings. The number of hydrogen-bond acceptors (Lipinski definition) is 3. The molecule has 0 aromatic carbocycles. The van der Waals surface area contributed by atoms with Crippen LogP contribution in [0, 0.1) is 0 Å². The SMILES string of the molecule is CC(C)SC1CCCOC1=O. The van der Waals surface area contributed by atoms with Crippen LogP contribution in [0.4, 0.5) is 0 Å². The van der Waals surface area contributed by atoms with Gasteiger partial charge in [-0.15, -0.1) is 11.8 Å². The van der Waals surface area contributed by atoms with Crippen molar-refractivity contribution in [2.75, 3.05) is 6.61 Å². The third-order valence-corrected chi connectivity index (χ3v) is 2.86. The maximum atomic E-state index is 11.1. The maximum Gasteiger partial charge on any atom is 0.319 e. The number of hydrogen-bond donors (Lipinski definition) is 0. The van der Waals surface area contributed by atoms with Gasteiger partial charge < -0.3 is 4.74 Å². The lowest BCUT2D eigenvalue weighted by Gasteiger charge is -2.21. The van der Waals surface area contributed by atoms with Crippen molar-refractivity contribution in [1.82, 2.24) is 0 Å². The van der Waals surface area contributed by atoms with Gasteiger partial charge in [-0.2, -0.15) is 0 Å². The van der Waals surface area contributed by atoms with E-state index >= 15 is 0 Å². The first-order chi connectivity index (χ1) is 5.20. The molecule has 11 heavy (non-hydrogen) atoms. The van der Waals surface area contributed by atoms with E-state index in [1.54, 1.807) is 11.8 Å². The van der Waals surface area contributed by atoms with Crippen LogP contribution in [-0.4, -0.2) is 23.1 Å². The van der Waals surface area contributed by atoms with Crippen LogP contribution in [0.15, 0.2) is 0 Å². The second kappa shape index (κ2) is 4.00. The molecule has 0 amide bonds. The van der Waals surface area contributed by atoms with Crippen molar-refractivity contribution in [3.8, 4) is 0 Å². The molecule has 1 unspecified atom stereocenters. The molecule has 64 valence electrons. The Balaban J connectivity index is 2.36. The van der Waals surface area contributed by atoms with Crippen LogP contribution >= 0.6 is 11.8 Å². The standard InChI is InChI=1S/C8H14O2S/c1-6(2)11-7-4-3-5-10-8(7)9/h6-7H,3-5H2,1-2H3. The first-order valence-corrected chi connectivity index (χ1v) is 4.96. The topological polar surface area (TPSA) is 26.3 Å². The highest BCUT2D eigenvalue weighted by Gasteiger charge is 2.24. The van der Waals surface area contributed by atoms with Gasteiger partial charge in [0.2, 0.25) is 0 Å². The molecule has 1 aliphatic heterocycles. The summed E-state index contributed by atoms with van der Waals surface area (Å²) in [6, 6.07) is 0. The summed E-state index contributed by atoms with van der Waals surface area (Å²) in [4.78, 5) is 11.1. The number of carbonyl (C=O) groups is 1. The Hall–Kier alpha value is -0.180. The van der Waals surface area contributed by atoms with Gasteiger partial charge in [0.25, 0.3) is 0 Å². The first-order valence-electron chi connectivity index (χ1n) is 4.02. The molecule has 0 aromatic heterocycles. The van der Waals surface area contributed by atoms with Crippen molar-refractivity contribution < 1.29 is 9.53 Å². The quantitative estimate of drug-likeness (QED) is 0.597. The van der Waals surface area contributed by atoms with Crippen LogP contribution < -0.4 is 0 Å². The van der Waals surface area contributed by atoms with Crippen LogP contribution in [0.5, 0.6) is 0 Å². The summed E-state index contributed by atoms with van der Waals surface area (Å²) >= 11 is 1.71. The molecule has 1 saturated heterocycles. The van der Waals surface area contributed by atoms with E-state index in [1.165, 1.54) is 0 Å². The van der Waals surface area contributed by atoms with E-state index in [9.17, 15) is 4.79 Å². The molecule has 0 radical (unpaired) electrons. The highest BCUT2D eigenvalue weighted by molar-refractivity contribution is 8.01. The predicted octanol–water partition coefficient (Wildman–Crippen LogP) is 1.83. The summed E-state index contributed by atoms with van der Waals surface area (Å²) in [5, 5.41) is 0.620. The molecule has 0 aromatic rings. The Morgan fingerprint density at radius 3 is 2.91 bits per heavy atom. The minimum absolute atomic E-state index is 0.0186. The van der Waals surface area contributed by atoms with Crippen LogP contribution in [0.1, 0.15) is 26.7 Å². The lowest BCUT2D eigenvalue weighted by Crippen LogP contribution is -2.27. The van der Waals surface area contributed by atoms with Crippen molar-refractivity contribution in [3.05, 3.63) is 0 Å². The van der Waals surface area contributed by atoms with Crippen molar-refractivity contribution in [2.45, 2.75) is 37.2 Å². The number of rotatable bonds is 2. The molecule has 0 aliphatic carbocycles. The van der Waals surface area contributed by atoms with E-state index in [-0.39, 0.29) is 11.2 Å².